The van der Waals surface area contributed by atoms with Gasteiger partial charge in [-0.05, 0) is 6.07 Å². The fraction of sp³-hybridized carbons (Fsp3) is 0.167. The van der Waals surface area contributed by atoms with Crippen molar-refractivity contribution in [1.29, 1.82) is 0 Å². The van der Waals surface area contributed by atoms with Crippen molar-refractivity contribution in [3.63, 3.8) is 0 Å². The standard InChI is InChI=1S/C18H16O9/c1-24-16-10(21)6-12-13(15(16)23)8(19)5-11(27-12)7-4-9(20)17(25-2)18(26-3)14(7)22/h4-6,20-23H,1-3H3. The maximum atomic E-state index is 12.5. The third kappa shape index (κ3) is 2.69. The molecule has 9 heteroatoms. The Morgan fingerprint density at radius 1 is 0.778 bits per heavy atom. The minimum absolute atomic E-state index is 0.0565. The van der Waals surface area contributed by atoms with E-state index in [1.807, 2.05) is 0 Å². The third-order valence-corrected chi connectivity index (χ3v) is 4.00. The first-order valence-corrected chi connectivity index (χ1v) is 7.58. The first-order chi connectivity index (χ1) is 12.8. The zero-order chi connectivity index (χ0) is 19.9. The molecule has 9 nitrogen and oxygen atoms in total. The Morgan fingerprint density at radius 2 is 1.37 bits per heavy atom. The van der Waals surface area contributed by atoms with Gasteiger partial charge in [0.2, 0.25) is 17.2 Å². The largest absolute Gasteiger partial charge is 0.504 e. The molecule has 27 heavy (non-hydrogen) atoms. The smallest absolute Gasteiger partial charge is 0.207 e. The highest BCUT2D eigenvalue weighted by molar-refractivity contribution is 5.90. The highest BCUT2D eigenvalue weighted by Gasteiger charge is 2.24. The van der Waals surface area contributed by atoms with Gasteiger partial charge in [0.15, 0.2) is 28.4 Å². The van der Waals surface area contributed by atoms with E-state index >= 15 is 0 Å². The Hall–Kier alpha value is -3.75. The van der Waals surface area contributed by atoms with Crippen molar-refractivity contribution in [2.24, 2.45) is 0 Å². The van der Waals surface area contributed by atoms with E-state index in [2.05, 4.69) is 0 Å². The molecule has 2 aromatic carbocycles. The molecule has 0 fully saturated rings. The lowest BCUT2D eigenvalue weighted by Crippen LogP contribution is -2.02. The summed E-state index contributed by atoms with van der Waals surface area (Å²) in [4.78, 5) is 12.5. The first-order valence-electron chi connectivity index (χ1n) is 7.58. The molecule has 3 aromatic rings. The molecule has 4 N–H and O–H groups in total. The maximum absolute atomic E-state index is 12.5. The summed E-state index contributed by atoms with van der Waals surface area (Å²) in [6.45, 7) is 0. The van der Waals surface area contributed by atoms with Gasteiger partial charge >= 0.3 is 0 Å². The van der Waals surface area contributed by atoms with E-state index in [0.717, 1.165) is 18.2 Å². The number of rotatable bonds is 4. The average Bonchev–Trinajstić information content (AvgIpc) is 2.62. The molecule has 0 saturated heterocycles. The molecule has 3 rings (SSSR count). The van der Waals surface area contributed by atoms with Crippen molar-refractivity contribution in [2.75, 3.05) is 21.3 Å². The van der Waals surface area contributed by atoms with E-state index in [9.17, 15) is 25.2 Å². The number of hydrogen-bond donors (Lipinski definition) is 4. The van der Waals surface area contributed by atoms with Crippen molar-refractivity contribution in [3.05, 3.63) is 28.4 Å². The quantitative estimate of drug-likeness (QED) is 0.505. The minimum Gasteiger partial charge on any atom is -0.504 e. The van der Waals surface area contributed by atoms with Crippen molar-refractivity contribution in [2.45, 2.75) is 0 Å². The van der Waals surface area contributed by atoms with Gasteiger partial charge in [-0.25, -0.2) is 0 Å². The van der Waals surface area contributed by atoms with Crippen LogP contribution in [0.15, 0.2) is 27.4 Å². The van der Waals surface area contributed by atoms with Crippen LogP contribution < -0.4 is 19.6 Å². The second kappa shape index (κ2) is 6.52. The number of hydrogen-bond acceptors (Lipinski definition) is 9. The Kier molecular flexibility index (Phi) is 4.36. The highest BCUT2D eigenvalue weighted by Crippen LogP contribution is 2.49. The van der Waals surface area contributed by atoms with Crippen LogP contribution in [0.25, 0.3) is 22.3 Å². The monoisotopic (exact) mass is 376 g/mol. The van der Waals surface area contributed by atoms with Gasteiger partial charge in [0.1, 0.15) is 16.7 Å². The van der Waals surface area contributed by atoms with Crippen LogP contribution in [0, 0.1) is 0 Å². The molecule has 1 aromatic heterocycles. The number of ether oxygens (including phenoxy) is 3. The predicted octanol–water partition coefficient (Wildman–Crippen LogP) is 2.31. The zero-order valence-corrected chi connectivity index (χ0v) is 14.6. The molecular formula is C18H16O9. The van der Waals surface area contributed by atoms with Crippen molar-refractivity contribution in [1.82, 2.24) is 0 Å². The molecule has 1 heterocycles. The number of aromatic hydroxyl groups is 4. The summed E-state index contributed by atoms with van der Waals surface area (Å²) in [6, 6.07) is 3.24. The Labute approximate surface area is 152 Å². The van der Waals surface area contributed by atoms with Gasteiger partial charge in [-0.1, -0.05) is 0 Å². The summed E-state index contributed by atoms with van der Waals surface area (Å²) in [5, 5.41) is 40.4. The number of phenols is 4. The second-order valence-electron chi connectivity index (χ2n) is 5.48. The van der Waals surface area contributed by atoms with E-state index in [-0.39, 0.29) is 45.3 Å². The molecule has 0 amide bonds. The van der Waals surface area contributed by atoms with Crippen LogP contribution >= 0.6 is 0 Å². The highest BCUT2D eigenvalue weighted by atomic mass is 16.5. The summed E-state index contributed by atoms with van der Waals surface area (Å²) in [6.07, 6.45) is 0. The molecule has 0 aliphatic rings. The molecule has 0 aliphatic heterocycles. The lowest BCUT2D eigenvalue weighted by molar-refractivity contribution is 0.317. The number of benzene rings is 2. The number of fused-ring (bicyclic) bond motifs is 1. The minimum atomic E-state index is -0.657. The van der Waals surface area contributed by atoms with Crippen LogP contribution in [0.5, 0.6) is 40.2 Å². The fourth-order valence-electron chi connectivity index (χ4n) is 2.80. The molecule has 0 spiro atoms. The lowest BCUT2D eigenvalue weighted by atomic mass is 10.1. The second-order valence-corrected chi connectivity index (χ2v) is 5.48. The molecule has 0 saturated carbocycles. The maximum Gasteiger partial charge on any atom is 0.207 e. The van der Waals surface area contributed by atoms with Gasteiger partial charge in [0, 0.05) is 12.1 Å². The average molecular weight is 376 g/mol. The Morgan fingerprint density at radius 3 is 1.96 bits per heavy atom. The van der Waals surface area contributed by atoms with Gasteiger partial charge in [-0.3, -0.25) is 4.79 Å². The topological polar surface area (TPSA) is 139 Å². The Bertz CT molecular complexity index is 1100. The summed E-state index contributed by atoms with van der Waals surface area (Å²) in [5.41, 5.74) is -0.864. The van der Waals surface area contributed by atoms with Crippen molar-refractivity contribution >= 4 is 11.0 Å². The van der Waals surface area contributed by atoms with Gasteiger partial charge < -0.3 is 39.1 Å². The number of methoxy groups -OCH3 is 3. The summed E-state index contributed by atoms with van der Waals surface area (Å²) < 4.78 is 20.4. The molecule has 0 aliphatic carbocycles. The van der Waals surface area contributed by atoms with Crippen molar-refractivity contribution < 1.29 is 39.1 Å². The molecule has 0 unspecified atom stereocenters. The molecule has 0 radical (unpaired) electrons. The number of phenolic OH excluding ortho intramolecular Hbond substituents is 4. The summed E-state index contributed by atoms with van der Waals surface area (Å²) >= 11 is 0. The van der Waals surface area contributed by atoms with Crippen LogP contribution in [-0.2, 0) is 0 Å². The van der Waals surface area contributed by atoms with Gasteiger partial charge in [0.25, 0.3) is 0 Å². The molecule has 142 valence electrons. The van der Waals surface area contributed by atoms with Gasteiger partial charge in [0.05, 0.1) is 26.9 Å². The van der Waals surface area contributed by atoms with E-state index in [1.54, 1.807) is 0 Å². The first kappa shape index (κ1) is 18.1. The summed E-state index contributed by atoms with van der Waals surface area (Å²) in [5.74, 6) is -2.46. The van der Waals surface area contributed by atoms with E-state index in [4.69, 9.17) is 18.6 Å². The van der Waals surface area contributed by atoms with Crippen LogP contribution in [-0.4, -0.2) is 41.8 Å². The zero-order valence-electron chi connectivity index (χ0n) is 14.6. The van der Waals surface area contributed by atoms with Crippen LogP contribution in [0.4, 0.5) is 0 Å². The Balaban J connectivity index is 2.34. The SMILES string of the molecule is COc1c(O)cc(-c2cc(=O)c3c(O)c(OC)c(O)cc3o2)c(O)c1OC. The van der Waals surface area contributed by atoms with E-state index in [0.29, 0.717) is 0 Å². The van der Waals surface area contributed by atoms with Crippen LogP contribution in [0.3, 0.4) is 0 Å². The molecular weight excluding hydrogens is 360 g/mol. The van der Waals surface area contributed by atoms with Crippen molar-refractivity contribution in [3.8, 4) is 51.6 Å². The van der Waals surface area contributed by atoms with E-state index < -0.39 is 22.7 Å². The predicted molar refractivity (Wildman–Crippen MR) is 94.2 cm³/mol. The summed E-state index contributed by atoms with van der Waals surface area (Å²) in [7, 11) is 3.77. The van der Waals surface area contributed by atoms with E-state index in [1.165, 1.54) is 21.3 Å². The normalized spacial score (nSPS) is 10.8. The van der Waals surface area contributed by atoms with Crippen LogP contribution in [0.1, 0.15) is 0 Å². The van der Waals surface area contributed by atoms with Gasteiger partial charge in [-0.2, -0.15) is 0 Å². The van der Waals surface area contributed by atoms with Gasteiger partial charge in [-0.15, -0.1) is 0 Å². The molecule has 0 bridgehead atoms. The lowest BCUT2D eigenvalue weighted by Gasteiger charge is -2.14. The van der Waals surface area contributed by atoms with Crippen LogP contribution in [0.2, 0.25) is 0 Å². The third-order valence-electron chi connectivity index (χ3n) is 4.00. The molecule has 0 atom stereocenters. The fourth-order valence-corrected chi connectivity index (χ4v) is 2.80.